The summed E-state index contributed by atoms with van der Waals surface area (Å²) in [4.78, 5) is 0. The van der Waals surface area contributed by atoms with Crippen LogP contribution in [0.1, 0.15) is 149 Å². The Balaban J connectivity index is 1.18. The minimum Gasteiger partial charge on any atom is -0.457 e. The molecule has 0 saturated heterocycles. The van der Waals surface area contributed by atoms with Crippen LogP contribution in [0.15, 0.2) is 72.8 Å². The molecule has 4 N–H and O–H groups in total. The number of benzene rings is 4. The first kappa shape index (κ1) is 39.8. The maximum Gasteiger partial charge on any atom is 0.133 e. The fraction of sp³-hybridized carbons (Fsp3) is 0.520. The van der Waals surface area contributed by atoms with Crippen LogP contribution in [-0.2, 0) is 5.41 Å². The zero-order valence-corrected chi connectivity index (χ0v) is 34.2. The van der Waals surface area contributed by atoms with Crippen LogP contribution in [0, 0.1) is 45.4 Å². The Bertz CT molecular complexity index is 1630. The summed E-state index contributed by atoms with van der Waals surface area (Å²) in [5, 5.41) is 0. The zero-order valence-electron chi connectivity index (χ0n) is 34.2. The molecule has 0 spiro atoms. The summed E-state index contributed by atoms with van der Waals surface area (Å²) in [6.45, 7) is 11.1. The number of nitrogen functional groups attached to an aromatic ring is 2. The predicted molar refractivity (Wildman–Crippen MR) is 229 cm³/mol. The highest BCUT2D eigenvalue weighted by Gasteiger charge is 2.42. The lowest BCUT2D eigenvalue weighted by molar-refractivity contribution is 0.140. The Morgan fingerprint density at radius 1 is 0.519 bits per heavy atom. The smallest absolute Gasteiger partial charge is 0.133 e. The van der Waals surface area contributed by atoms with Crippen LogP contribution in [0.25, 0.3) is 0 Å². The first-order valence-corrected chi connectivity index (χ1v) is 21.5. The van der Waals surface area contributed by atoms with Crippen LogP contribution in [-0.4, -0.2) is 0 Å². The van der Waals surface area contributed by atoms with E-state index in [1.807, 2.05) is 48.5 Å². The van der Waals surface area contributed by atoms with Gasteiger partial charge in [-0.2, -0.15) is 0 Å². The number of unbranched alkanes of at least 4 members (excludes halogenated alkanes) is 7. The molecule has 2 aliphatic carbocycles. The third-order valence-corrected chi connectivity index (χ3v) is 13.1. The van der Waals surface area contributed by atoms with E-state index in [1.165, 1.54) is 143 Å². The SMILES string of the molecule is CCCCCCCCCC[C@H]1CC[C@H](C2CCC(c3cc(C)c(Oc4ccc(N)cc4)c(C)c3)(c3cc(C)c(Oc4ccc(N)cc4)c(C)c3)CC2)CC1. The van der Waals surface area contributed by atoms with Crippen molar-refractivity contribution in [2.75, 3.05) is 11.5 Å². The second kappa shape index (κ2) is 18.6. The molecule has 2 saturated carbocycles. The van der Waals surface area contributed by atoms with Gasteiger partial charge in [-0.25, -0.2) is 0 Å². The summed E-state index contributed by atoms with van der Waals surface area (Å²) >= 11 is 0. The molecule has 0 atom stereocenters. The van der Waals surface area contributed by atoms with Crippen LogP contribution >= 0.6 is 0 Å². The summed E-state index contributed by atoms with van der Waals surface area (Å²) in [5.41, 5.74) is 20.9. The van der Waals surface area contributed by atoms with Crippen molar-refractivity contribution in [3.63, 3.8) is 0 Å². The molecule has 4 aromatic carbocycles. The normalized spacial score (nSPS) is 18.8. The largest absolute Gasteiger partial charge is 0.457 e. The molecule has 0 aliphatic heterocycles. The summed E-state index contributed by atoms with van der Waals surface area (Å²) < 4.78 is 12.9. The highest BCUT2D eigenvalue weighted by atomic mass is 16.5. The van der Waals surface area contributed by atoms with E-state index in [0.29, 0.717) is 0 Å². The van der Waals surface area contributed by atoms with E-state index in [9.17, 15) is 0 Å². The van der Waals surface area contributed by atoms with Crippen molar-refractivity contribution in [3.8, 4) is 23.0 Å². The highest BCUT2D eigenvalue weighted by molar-refractivity contribution is 5.55. The molecule has 4 nitrogen and oxygen atoms in total. The maximum absolute atomic E-state index is 6.47. The van der Waals surface area contributed by atoms with E-state index in [2.05, 4.69) is 58.9 Å². The molecule has 54 heavy (non-hydrogen) atoms. The van der Waals surface area contributed by atoms with Gasteiger partial charge >= 0.3 is 0 Å². The third kappa shape index (κ3) is 9.84. The molecule has 0 heterocycles. The van der Waals surface area contributed by atoms with Crippen molar-refractivity contribution >= 4 is 11.4 Å². The molecule has 4 aromatic rings. The van der Waals surface area contributed by atoms with Gasteiger partial charge in [0.2, 0.25) is 0 Å². The van der Waals surface area contributed by atoms with Gasteiger partial charge in [0.05, 0.1) is 0 Å². The maximum atomic E-state index is 6.47. The monoisotopic (exact) mass is 729 g/mol. The van der Waals surface area contributed by atoms with Crippen LogP contribution < -0.4 is 20.9 Å². The molecule has 4 heteroatoms. The average Bonchev–Trinajstić information content (AvgIpc) is 3.17. The number of nitrogens with two attached hydrogens (primary N) is 2. The van der Waals surface area contributed by atoms with Gasteiger partial charge in [0, 0.05) is 16.8 Å². The lowest BCUT2D eigenvalue weighted by atomic mass is 9.59. The fourth-order valence-corrected chi connectivity index (χ4v) is 9.95. The molecule has 2 aliphatic rings. The molecule has 0 radical (unpaired) electrons. The lowest BCUT2D eigenvalue weighted by Gasteiger charge is -2.45. The Morgan fingerprint density at radius 3 is 1.33 bits per heavy atom. The Labute approximate surface area is 327 Å². The standard InChI is InChI=1S/C50H68N2O2/c1-6-7-8-9-10-11-12-13-14-39-15-17-40(18-16-39)41-27-29-50(30-28-41,42-31-35(2)48(36(3)32-42)53-46-23-19-44(51)20-24-46)43-33-37(4)49(38(5)34-43)54-47-25-21-45(52)22-26-47/h19-26,31-34,39-41H,6-18,27-30,51-52H2,1-5H3/t39-,40-. The molecular formula is C50H68N2O2. The number of hydrogen-bond donors (Lipinski definition) is 2. The molecule has 0 aromatic heterocycles. The van der Waals surface area contributed by atoms with Crippen LogP contribution in [0.2, 0.25) is 0 Å². The molecule has 6 rings (SSSR count). The predicted octanol–water partition coefficient (Wildman–Crippen LogP) is 14.5. The second-order valence-electron chi connectivity index (χ2n) is 17.2. The summed E-state index contributed by atoms with van der Waals surface area (Å²) in [5.74, 6) is 6.18. The van der Waals surface area contributed by atoms with Crippen molar-refractivity contribution in [2.45, 2.75) is 149 Å². The number of anilines is 2. The van der Waals surface area contributed by atoms with Gasteiger partial charge < -0.3 is 20.9 Å². The van der Waals surface area contributed by atoms with E-state index in [1.54, 1.807) is 0 Å². The fourth-order valence-electron chi connectivity index (χ4n) is 9.95. The molecule has 0 unspecified atom stereocenters. The molecular weight excluding hydrogens is 661 g/mol. The van der Waals surface area contributed by atoms with Gasteiger partial charge in [0.15, 0.2) is 0 Å². The summed E-state index contributed by atoms with van der Waals surface area (Å²) in [6, 6.07) is 25.1. The van der Waals surface area contributed by atoms with Gasteiger partial charge in [-0.15, -0.1) is 0 Å². The van der Waals surface area contributed by atoms with Gasteiger partial charge in [-0.3, -0.25) is 0 Å². The van der Waals surface area contributed by atoms with Gasteiger partial charge in [-0.05, 0) is 166 Å². The Kier molecular flexibility index (Phi) is 13.7. The Morgan fingerprint density at radius 2 is 0.907 bits per heavy atom. The van der Waals surface area contributed by atoms with Gasteiger partial charge in [0.25, 0.3) is 0 Å². The van der Waals surface area contributed by atoms with Gasteiger partial charge in [0.1, 0.15) is 23.0 Å². The molecule has 290 valence electrons. The first-order valence-electron chi connectivity index (χ1n) is 21.5. The van der Waals surface area contributed by atoms with E-state index in [-0.39, 0.29) is 5.41 Å². The average molecular weight is 729 g/mol. The van der Waals surface area contributed by atoms with Gasteiger partial charge in [-0.1, -0.05) is 102 Å². The topological polar surface area (TPSA) is 70.5 Å². The zero-order chi connectivity index (χ0) is 38.1. The summed E-state index contributed by atoms with van der Waals surface area (Å²) in [7, 11) is 0. The van der Waals surface area contributed by atoms with E-state index in [4.69, 9.17) is 20.9 Å². The molecule has 0 bridgehead atoms. The van der Waals surface area contributed by atoms with Crippen LogP contribution in [0.4, 0.5) is 11.4 Å². The second-order valence-corrected chi connectivity index (χ2v) is 17.2. The van der Waals surface area contributed by atoms with Crippen molar-refractivity contribution in [2.24, 2.45) is 17.8 Å². The quantitative estimate of drug-likeness (QED) is 0.0890. The third-order valence-electron chi connectivity index (χ3n) is 13.1. The molecule has 2 fully saturated rings. The number of aryl methyl sites for hydroxylation is 4. The van der Waals surface area contributed by atoms with E-state index < -0.39 is 0 Å². The Hall–Kier alpha value is -3.92. The van der Waals surface area contributed by atoms with Crippen molar-refractivity contribution in [3.05, 3.63) is 106 Å². The summed E-state index contributed by atoms with van der Waals surface area (Å²) in [6.07, 6.45) is 23.5. The highest BCUT2D eigenvalue weighted by Crippen LogP contribution is 2.52. The van der Waals surface area contributed by atoms with Crippen molar-refractivity contribution < 1.29 is 9.47 Å². The first-order chi connectivity index (χ1) is 26.1. The number of ether oxygens (including phenoxy) is 2. The number of hydrogen-bond acceptors (Lipinski definition) is 4. The number of rotatable bonds is 16. The lowest BCUT2D eigenvalue weighted by Crippen LogP contribution is -2.36. The van der Waals surface area contributed by atoms with Crippen LogP contribution in [0.5, 0.6) is 23.0 Å². The van der Waals surface area contributed by atoms with Crippen LogP contribution in [0.3, 0.4) is 0 Å². The van der Waals surface area contributed by atoms with Crippen molar-refractivity contribution in [1.82, 2.24) is 0 Å². The van der Waals surface area contributed by atoms with Crippen molar-refractivity contribution in [1.29, 1.82) is 0 Å². The van der Waals surface area contributed by atoms with E-state index in [0.717, 1.165) is 52.1 Å². The molecule has 0 amide bonds. The minimum absolute atomic E-state index is 0.0608. The minimum atomic E-state index is -0.0608. The van der Waals surface area contributed by atoms with E-state index >= 15 is 0 Å².